The number of nitrogens with one attached hydrogen (secondary N) is 1. The molecule has 0 aliphatic carbocycles. The van der Waals surface area contributed by atoms with Crippen LogP contribution < -0.4 is 10.2 Å². The van der Waals surface area contributed by atoms with Crippen molar-refractivity contribution in [2.45, 2.75) is 39.3 Å². The van der Waals surface area contributed by atoms with Crippen LogP contribution in [0.25, 0.3) is 10.3 Å². The molecule has 28 heavy (non-hydrogen) atoms. The van der Waals surface area contributed by atoms with Crippen LogP contribution in [0.4, 0.5) is 5.13 Å². The number of rotatable bonds is 4. The third-order valence-corrected chi connectivity index (χ3v) is 6.17. The Bertz CT molecular complexity index is 1050. The van der Waals surface area contributed by atoms with Gasteiger partial charge in [0.15, 0.2) is 10.8 Å². The molecule has 1 aromatic carbocycles. The molecule has 4 rings (SSSR count). The number of aryl methyl sites for hydroxylation is 2. The molecule has 1 aliphatic rings. The van der Waals surface area contributed by atoms with E-state index >= 15 is 0 Å². The molecule has 0 radical (unpaired) electrons. The fourth-order valence-electron chi connectivity index (χ4n) is 3.48. The Hall–Kier alpha value is -2.98. The summed E-state index contributed by atoms with van der Waals surface area (Å²) >= 11 is 1.59. The monoisotopic (exact) mass is 391 g/mol. The maximum atomic E-state index is 12.8. The van der Waals surface area contributed by atoms with E-state index in [0.29, 0.717) is 12.1 Å². The summed E-state index contributed by atoms with van der Waals surface area (Å²) < 4.78 is 1.05. The van der Waals surface area contributed by atoms with Gasteiger partial charge in [0.25, 0.3) is 0 Å². The quantitative estimate of drug-likeness (QED) is 0.736. The number of hydrogen-bond donors (Lipinski definition) is 1. The Kier molecular flexibility index (Phi) is 4.97. The molecule has 0 saturated carbocycles. The predicted octanol–water partition coefficient (Wildman–Crippen LogP) is 3.47. The molecule has 7 heteroatoms. The van der Waals surface area contributed by atoms with Crippen molar-refractivity contribution in [3.63, 3.8) is 0 Å². The number of carbonyl (C=O) groups excluding carboxylic acids is 1. The van der Waals surface area contributed by atoms with Crippen molar-refractivity contribution in [1.29, 1.82) is 5.26 Å². The Morgan fingerprint density at radius 1 is 1.36 bits per heavy atom. The number of carbonyl (C=O) groups is 1. The normalized spacial score (nSPS) is 16.3. The van der Waals surface area contributed by atoms with Gasteiger partial charge in [-0.2, -0.15) is 10.2 Å². The smallest absolute Gasteiger partial charge is 0.243 e. The van der Waals surface area contributed by atoms with Crippen LogP contribution in [-0.4, -0.2) is 28.5 Å². The largest absolute Gasteiger partial charge is 0.350 e. The molecule has 1 N–H and O–H groups in total. The van der Waals surface area contributed by atoms with E-state index in [2.05, 4.69) is 39.2 Å². The highest BCUT2D eigenvalue weighted by Gasteiger charge is 2.32. The van der Waals surface area contributed by atoms with Gasteiger partial charge in [0.1, 0.15) is 6.04 Å². The number of thiazole rings is 1. The van der Waals surface area contributed by atoms with Gasteiger partial charge in [0.05, 0.1) is 16.3 Å². The minimum Gasteiger partial charge on any atom is -0.350 e. The van der Waals surface area contributed by atoms with E-state index in [9.17, 15) is 4.79 Å². The third-order valence-electron chi connectivity index (χ3n) is 5.14. The van der Waals surface area contributed by atoms with Gasteiger partial charge in [0.2, 0.25) is 5.91 Å². The molecule has 1 atom stereocenters. The first-order chi connectivity index (χ1) is 13.5. The number of hydrogen-bond acceptors (Lipinski definition) is 6. The van der Waals surface area contributed by atoms with Gasteiger partial charge >= 0.3 is 0 Å². The number of nitriles is 1. The highest BCUT2D eigenvalue weighted by Crippen LogP contribution is 2.33. The molecule has 3 heterocycles. The molecule has 1 aliphatic heterocycles. The molecule has 1 amide bonds. The maximum absolute atomic E-state index is 12.8. The van der Waals surface area contributed by atoms with Crippen LogP contribution in [0.3, 0.4) is 0 Å². The highest BCUT2D eigenvalue weighted by molar-refractivity contribution is 7.22. The van der Waals surface area contributed by atoms with Crippen LogP contribution in [0.1, 0.15) is 35.2 Å². The van der Waals surface area contributed by atoms with Crippen molar-refractivity contribution >= 4 is 32.7 Å². The Labute approximate surface area is 167 Å². The second-order valence-electron chi connectivity index (χ2n) is 7.09. The predicted molar refractivity (Wildman–Crippen MR) is 110 cm³/mol. The molecule has 0 spiro atoms. The minimum atomic E-state index is -0.220. The summed E-state index contributed by atoms with van der Waals surface area (Å²) in [6.07, 6.45) is 1.77. The first kappa shape index (κ1) is 18.4. The molecule has 6 nitrogen and oxygen atoms in total. The molecule has 1 fully saturated rings. The summed E-state index contributed by atoms with van der Waals surface area (Å²) in [5.41, 5.74) is 4.41. The van der Waals surface area contributed by atoms with E-state index in [1.54, 1.807) is 23.5 Å². The molecular formula is C21H21N5OS. The van der Waals surface area contributed by atoms with Gasteiger partial charge in [0, 0.05) is 18.8 Å². The lowest BCUT2D eigenvalue weighted by Gasteiger charge is -2.23. The molecule has 2 aromatic heterocycles. The number of fused-ring (bicyclic) bond motifs is 1. The molecule has 0 unspecified atom stereocenters. The average Bonchev–Trinajstić information content (AvgIpc) is 3.33. The first-order valence-electron chi connectivity index (χ1n) is 9.33. The van der Waals surface area contributed by atoms with Gasteiger partial charge in [-0.05, 0) is 56.0 Å². The van der Waals surface area contributed by atoms with Gasteiger partial charge in [-0.25, -0.2) is 4.98 Å². The molecule has 3 aromatic rings. The summed E-state index contributed by atoms with van der Waals surface area (Å²) in [5, 5.41) is 12.9. The number of pyridine rings is 1. The topological polar surface area (TPSA) is 81.9 Å². The van der Waals surface area contributed by atoms with Crippen LogP contribution in [0.5, 0.6) is 0 Å². The van der Waals surface area contributed by atoms with Gasteiger partial charge in [-0.1, -0.05) is 23.5 Å². The third kappa shape index (κ3) is 3.56. The fraction of sp³-hybridized carbons (Fsp3) is 0.333. The summed E-state index contributed by atoms with van der Waals surface area (Å²) in [6, 6.07) is 11.3. The van der Waals surface area contributed by atoms with Crippen LogP contribution in [-0.2, 0) is 11.3 Å². The second-order valence-corrected chi connectivity index (χ2v) is 8.10. The fourth-order valence-corrected chi connectivity index (χ4v) is 4.57. The van der Waals surface area contributed by atoms with Crippen molar-refractivity contribution in [3.05, 3.63) is 52.7 Å². The van der Waals surface area contributed by atoms with E-state index < -0.39 is 0 Å². The molecule has 142 valence electrons. The van der Waals surface area contributed by atoms with E-state index in [-0.39, 0.29) is 11.9 Å². The van der Waals surface area contributed by atoms with E-state index in [1.165, 1.54) is 0 Å². The lowest BCUT2D eigenvalue weighted by atomic mass is 10.1. The van der Waals surface area contributed by atoms with Crippen molar-refractivity contribution in [1.82, 2.24) is 15.3 Å². The Morgan fingerprint density at radius 2 is 2.21 bits per heavy atom. The van der Waals surface area contributed by atoms with E-state index in [0.717, 1.165) is 51.7 Å². The Balaban J connectivity index is 1.50. The van der Waals surface area contributed by atoms with E-state index in [1.807, 2.05) is 19.1 Å². The van der Waals surface area contributed by atoms with Gasteiger partial charge in [-0.15, -0.1) is 0 Å². The molecular weight excluding hydrogens is 370 g/mol. The van der Waals surface area contributed by atoms with Crippen molar-refractivity contribution in [2.24, 2.45) is 0 Å². The maximum Gasteiger partial charge on any atom is 0.243 e. The van der Waals surface area contributed by atoms with E-state index in [4.69, 9.17) is 5.26 Å². The van der Waals surface area contributed by atoms with Gasteiger partial charge in [-0.3, -0.25) is 4.79 Å². The summed E-state index contributed by atoms with van der Waals surface area (Å²) in [4.78, 5) is 24.2. The minimum absolute atomic E-state index is 0.000521. The zero-order chi connectivity index (χ0) is 19.7. The molecule has 1 saturated heterocycles. The zero-order valence-corrected chi connectivity index (χ0v) is 16.7. The first-order valence-corrected chi connectivity index (χ1v) is 10.1. The zero-order valence-electron chi connectivity index (χ0n) is 15.9. The standard InChI is InChI=1S/C21H21N5OS/c1-13-9-18-19(24-14(13)2)25-21(28-18)26-8-4-7-17(26)20(27)23-12-16-6-3-5-15(10-16)11-22/h3,5-6,9-10,17H,4,7-8,12H2,1-2H3,(H,23,27)/t17-/m1/s1. The number of amides is 1. The lowest BCUT2D eigenvalue weighted by molar-refractivity contribution is -0.122. The number of aromatic nitrogens is 2. The van der Waals surface area contributed by atoms with Crippen LogP contribution in [0.2, 0.25) is 0 Å². The highest BCUT2D eigenvalue weighted by atomic mass is 32.1. The number of nitrogens with zero attached hydrogens (tertiary/aromatic N) is 4. The summed E-state index contributed by atoms with van der Waals surface area (Å²) in [5.74, 6) is -0.000521. The number of benzene rings is 1. The van der Waals surface area contributed by atoms with Crippen LogP contribution in [0, 0.1) is 25.2 Å². The summed E-state index contributed by atoms with van der Waals surface area (Å²) in [6.45, 7) is 5.27. The number of anilines is 1. The lowest BCUT2D eigenvalue weighted by Crippen LogP contribution is -2.43. The molecule has 0 bridgehead atoms. The van der Waals surface area contributed by atoms with Crippen LogP contribution >= 0.6 is 11.3 Å². The SMILES string of the molecule is Cc1cc2sc(N3CCC[C@@H]3C(=O)NCc3cccc(C#N)c3)nc2nc1C. The van der Waals surface area contributed by atoms with Gasteiger partial charge < -0.3 is 10.2 Å². The average molecular weight is 392 g/mol. The Morgan fingerprint density at radius 3 is 3.04 bits per heavy atom. The van der Waals surface area contributed by atoms with Crippen LogP contribution in [0.15, 0.2) is 30.3 Å². The summed E-state index contributed by atoms with van der Waals surface area (Å²) in [7, 11) is 0. The van der Waals surface area contributed by atoms with Crippen molar-refractivity contribution in [2.75, 3.05) is 11.4 Å². The van der Waals surface area contributed by atoms with Crippen molar-refractivity contribution < 1.29 is 4.79 Å². The second kappa shape index (κ2) is 7.56. The van der Waals surface area contributed by atoms with Crippen molar-refractivity contribution in [3.8, 4) is 6.07 Å².